The zero-order chi connectivity index (χ0) is 20.8. The zero-order valence-corrected chi connectivity index (χ0v) is 17.3. The molecule has 1 aromatic carbocycles. The first kappa shape index (κ1) is 20.9. The summed E-state index contributed by atoms with van der Waals surface area (Å²) in [5.41, 5.74) is 2.87. The number of carbonyl (C=O) groups excluding carboxylic acids is 1. The summed E-state index contributed by atoms with van der Waals surface area (Å²) in [6.45, 7) is 0.204. The van der Waals surface area contributed by atoms with Gasteiger partial charge in [0.2, 0.25) is 11.8 Å². The highest BCUT2D eigenvalue weighted by molar-refractivity contribution is 7.73. The number of rotatable bonds is 9. The predicted octanol–water partition coefficient (Wildman–Crippen LogP) is 4.00. The third-order valence-corrected chi connectivity index (χ3v) is 5.85. The molecule has 3 N–H and O–H groups in total. The molecule has 7 nitrogen and oxygen atoms in total. The predicted molar refractivity (Wildman–Crippen MR) is 116 cm³/mol. The molecule has 0 saturated carbocycles. The molecule has 0 fully saturated rings. The fraction of sp³-hybridized carbons (Fsp3) is 0.300. The van der Waals surface area contributed by atoms with Crippen LogP contribution in [0, 0.1) is 3.95 Å². The third-order valence-electron chi connectivity index (χ3n) is 4.46. The first-order chi connectivity index (χ1) is 14.0. The lowest BCUT2D eigenvalue weighted by Crippen LogP contribution is -2.28. The Kier molecular flexibility index (Phi) is 6.95. The van der Waals surface area contributed by atoms with E-state index in [9.17, 15) is 14.7 Å². The number of unbranched alkanes of at least 4 members (excludes halogenated alkanes) is 2. The van der Waals surface area contributed by atoms with E-state index in [4.69, 9.17) is 17.3 Å². The van der Waals surface area contributed by atoms with Crippen LogP contribution in [0.15, 0.2) is 29.3 Å². The lowest BCUT2D eigenvalue weighted by atomic mass is 10.1. The molecule has 0 bridgehead atoms. The molecule has 3 rings (SSSR count). The fourth-order valence-electron chi connectivity index (χ4n) is 3.00. The van der Waals surface area contributed by atoms with E-state index in [1.54, 1.807) is 10.8 Å². The van der Waals surface area contributed by atoms with Gasteiger partial charge < -0.3 is 15.5 Å². The summed E-state index contributed by atoms with van der Waals surface area (Å²) >= 11 is 6.75. The molecule has 0 unspecified atom stereocenters. The Labute approximate surface area is 177 Å². The smallest absolute Gasteiger partial charge is 0.322 e. The zero-order valence-electron chi connectivity index (χ0n) is 15.6. The Hall–Kier alpha value is -2.78. The van der Waals surface area contributed by atoms with Crippen LogP contribution in [0.2, 0.25) is 0 Å². The number of aromatic nitrogens is 1. The molecule has 1 amide bonds. The number of thiazole rings is 1. The number of carboxylic acids is 1. The quantitative estimate of drug-likeness (QED) is 0.411. The van der Waals surface area contributed by atoms with Crippen LogP contribution in [0.4, 0.5) is 5.69 Å². The van der Waals surface area contributed by atoms with Crippen LogP contribution in [0.25, 0.3) is 11.6 Å². The van der Waals surface area contributed by atoms with Gasteiger partial charge in [0.25, 0.3) is 0 Å². The molecule has 29 heavy (non-hydrogen) atoms. The molecule has 0 radical (unpaired) electrons. The standard InChI is InChI=1S/C20H21N3O4S2/c24-17(22-12-18(25)26)8-2-1-5-9-23-19(27)16(29-20(23)28)10-13-11-21-15-7-4-3-6-14(13)15/h3-4,6-7,10-11,27H,1-2,5,8-9,12H2,(H,22,24)(H,25,26)/b13-10+. The van der Waals surface area contributed by atoms with E-state index >= 15 is 0 Å². The van der Waals surface area contributed by atoms with Crippen LogP contribution in [-0.2, 0) is 16.1 Å². The second kappa shape index (κ2) is 9.62. The number of hydrogen-bond donors (Lipinski definition) is 3. The van der Waals surface area contributed by atoms with Gasteiger partial charge in [-0.25, -0.2) is 0 Å². The minimum absolute atomic E-state index is 0.143. The van der Waals surface area contributed by atoms with Gasteiger partial charge in [-0.05, 0) is 37.2 Å². The molecule has 2 aromatic rings. The minimum Gasteiger partial charge on any atom is -0.493 e. The average Bonchev–Trinajstić information content (AvgIpc) is 3.22. The number of carbonyl (C=O) groups is 2. The van der Waals surface area contributed by atoms with Crippen LogP contribution in [-0.4, -0.2) is 39.4 Å². The van der Waals surface area contributed by atoms with Crippen molar-refractivity contribution in [2.24, 2.45) is 4.99 Å². The maximum atomic E-state index is 11.5. The molecule has 0 atom stereocenters. The lowest BCUT2D eigenvalue weighted by Gasteiger charge is -2.05. The largest absolute Gasteiger partial charge is 0.493 e. The Morgan fingerprint density at radius 3 is 2.83 bits per heavy atom. The highest BCUT2D eigenvalue weighted by atomic mass is 32.1. The van der Waals surface area contributed by atoms with Crippen LogP contribution in [0.5, 0.6) is 5.88 Å². The monoisotopic (exact) mass is 431 g/mol. The van der Waals surface area contributed by atoms with Gasteiger partial charge in [0, 0.05) is 30.3 Å². The number of hydrogen-bond acceptors (Lipinski definition) is 6. The van der Waals surface area contributed by atoms with Crippen molar-refractivity contribution in [1.29, 1.82) is 0 Å². The number of aromatic hydroxyl groups is 1. The number of nitrogens with zero attached hydrogens (tertiary/aromatic N) is 2. The molecule has 1 aliphatic rings. The van der Waals surface area contributed by atoms with Gasteiger partial charge in [-0.3, -0.25) is 19.1 Å². The van der Waals surface area contributed by atoms with Gasteiger partial charge in [0.05, 0.1) is 10.6 Å². The van der Waals surface area contributed by atoms with Crippen molar-refractivity contribution in [2.75, 3.05) is 6.54 Å². The van der Waals surface area contributed by atoms with E-state index in [1.807, 2.05) is 30.3 Å². The van der Waals surface area contributed by atoms with Crippen LogP contribution in [0.3, 0.4) is 0 Å². The summed E-state index contributed by atoms with van der Waals surface area (Å²) in [4.78, 5) is 27.0. The van der Waals surface area contributed by atoms with Crippen LogP contribution >= 0.6 is 23.6 Å². The number of benzene rings is 1. The van der Waals surface area contributed by atoms with Crippen molar-refractivity contribution < 1.29 is 19.8 Å². The maximum Gasteiger partial charge on any atom is 0.322 e. The number of aliphatic imine (C=N–C) groups is 1. The van der Waals surface area contributed by atoms with Gasteiger partial charge >= 0.3 is 5.97 Å². The number of carboxylic acid groups (broad SMARTS) is 1. The first-order valence-corrected chi connectivity index (χ1v) is 10.4. The van der Waals surface area contributed by atoms with Crippen molar-refractivity contribution >= 4 is 59.0 Å². The molecule has 9 heteroatoms. The summed E-state index contributed by atoms with van der Waals surface area (Å²) in [6, 6.07) is 7.83. The van der Waals surface area contributed by atoms with Gasteiger partial charge in [-0.1, -0.05) is 24.6 Å². The van der Waals surface area contributed by atoms with E-state index in [-0.39, 0.29) is 24.8 Å². The minimum atomic E-state index is -1.06. The molecular formula is C20H21N3O4S2. The average molecular weight is 432 g/mol. The molecule has 0 spiro atoms. The summed E-state index contributed by atoms with van der Waals surface area (Å²) in [7, 11) is 0. The summed E-state index contributed by atoms with van der Waals surface area (Å²) in [5.74, 6) is -1.18. The summed E-state index contributed by atoms with van der Waals surface area (Å²) < 4.78 is 2.30. The molecule has 1 aromatic heterocycles. The normalized spacial score (nSPS) is 13.6. The van der Waals surface area contributed by atoms with Crippen LogP contribution < -0.4 is 5.32 Å². The number of allylic oxidation sites excluding steroid dienone is 1. The number of fused-ring (bicyclic) bond motifs is 1. The van der Waals surface area contributed by atoms with Crippen molar-refractivity contribution in [3.05, 3.63) is 38.7 Å². The van der Waals surface area contributed by atoms with E-state index in [1.165, 1.54) is 11.3 Å². The molecule has 152 valence electrons. The van der Waals surface area contributed by atoms with Crippen LogP contribution in [0.1, 0.15) is 36.1 Å². The van der Waals surface area contributed by atoms with E-state index in [0.29, 0.717) is 21.8 Å². The number of aliphatic carboxylic acids is 1. The van der Waals surface area contributed by atoms with E-state index < -0.39 is 5.97 Å². The maximum absolute atomic E-state index is 11.5. The highest BCUT2D eigenvalue weighted by Gasteiger charge is 2.15. The fourth-order valence-corrected chi connectivity index (χ4v) is 4.31. The topological polar surface area (TPSA) is 104 Å². The molecule has 0 saturated heterocycles. The second-order valence-corrected chi connectivity index (χ2v) is 8.24. The van der Waals surface area contributed by atoms with Gasteiger partial charge in [-0.2, -0.15) is 0 Å². The van der Waals surface area contributed by atoms with Crippen molar-refractivity contribution in [3.8, 4) is 5.88 Å². The second-order valence-electron chi connectivity index (χ2n) is 6.56. The molecule has 1 aliphatic heterocycles. The SMILES string of the molecule is O=C(O)CNC(=O)CCCCCn1c(O)c(/C=C2\C=Nc3ccccc32)sc1=S. The van der Waals surface area contributed by atoms with Crippen molar-refractivity contribution in [3.63, 3.8) is 0 Å². The van der Waals surface area contributed by atoms with Gasteiger partial charge in [0.1, 0.15) is 6.54 Å². The third kappa shape index (κ3) is 5.39. The first-order valence-electron chi connectivity index (χ1n) is 9.22. The summed E-state index contributed by atoms with van der Waals surface area (Å²) in [5, 5.41) is 21.4. The Balaban J connectivity index is 1.55. The van der Waals surface area contributed by atoms with Crippen molar-refractivity contribution in [2.45, 2.75) is 32.2 Å². The molecular weight excluding hydrogens is 410 g/mol. The Bertz CT molecular complexity index is 1040. The molecule has 2 heterocycles. The Morgan fingerprint density at radius 2 is 2.03 bits per heavy atom. The highest BCUT2D eigenvalue weighted by Crippen LogP contribution is 2.35. The molecule has 0 aliphatic carbocycles. The number of amides is 1. The van der Waals surface area contributed by atoms with E-state index in [0.717, 1.165) is 29.7 Å². The summed E-state index contributed by atoms with van der Waals surface area (Å²) in [6.07, 6.45) is 6.14. The van der Waals surface area contributed by atoms with E-state index in [2.05, 4.69) is 10.3 Å². The van der Waals surface area contributed by atoms with Gasteiger partial charge in [-0.15, -0.1) is 11.3 Å². The number of para-hydroxylation sites is 1. The van der Waals surface area contributed by atoms with Crippen molar-refractivity contribution in [1.82, 2.24) is 9.88 Å². The number of nitrogens with one attached hydrogen (secondary N) is 1. The van der Waals surface area contributed by atoms with Gasteiger partial charge in [0.15, 0.2) is 3.95 Å². The Morgan fingerprint density at radius 1 is 1.24 bits per heavy atom. The lowest BCUT2D eigenvalue weighted by molar-refractivity contribution is -0.137.